The lowest BCUT2D eigenvalue weighted by molar-refractivity contribution is 0.102. The Bertz CT molecular complexity index is 586. The average Bonchev–Trinajstić information content (AvgIpc) is 2.39. The highest BCUT2D eigenvalue weighted by Gasteiger charge is 2.07. The van der Waals surface area contributed by atoms with Crippen LogP contribution in [-0.2, 0) is 0 Å². The summed E-state index contributed by atoms with van der Waals surface area (Å²) in [7, 11) is 1.64. The molecule has 0 saturated carbocycles. The first-order chi connectivity index (χ1) is 9.19. The van der Waals surface area contributed by atoms with Gasteiger partial charge in [0.25, 0.3) is 5.91 Å². The number of rotatable bonds is 4. The number of carbonyl (C=O) groups is 1. The Kier molecular flexibility index (Phi) is 3.94. The van der Waals surface area contributed by atoms with Crippen molar-refractivity contribution < 1.29 is 9.63 Å². The normalized spacial score (nSPS) is 9.95. The van der Waals surface area contributed by atoms with Crippen LogP contribution in [0.3, 0.4) is 0 Å². The number of benzene rings is 1. The van der Waals surface area contributed by atoms with Crippen LogP contribution in [0.15, 0.2) is 42.6 Å². The first kappa shape index (κ1) is 12.8. The molecule has 0 bridgehead atoms. The molecule has 0 aliphatic heterocycles. The summed E-state index contributed by atoms with van der Waals surface area (Å²) < 4.78 is 0. The molecule has 2 rings (SSSR count). The number of anilines is 2. The van der Waals surface area contributed by atoms with Gasteiger partial charge in [-0.2, -0.15) is 5.48 Å². The molecule has 4 N–H and O–H groups in total. The van der Waals surface area contributed by atoms with Crippen LogP contribution in [0.5, 0.6) is 5.75 Å². The first-order valence-corrected chi connectivity index (χ1v) is 5.65. The molecule has 0 aliphatic carbocycles. The minimum atomic E-state index is -0.276. The molecule has 0 atom stereocenters. The Morgan fingerprint density at radius 2 is 2.16 bits per heavy atom. The number of nitrogen functional groups attached to an aromatic ring is 1. The standard InChI is InChI=1S/C13H14N4O2/c1-15-19-11-5-6-16-12(8-11)17-13(18)9-3-2-4-10(14)7-9/h2-8,15H,14H2,1H3,(H,16,17,18). The lowest BCUT2D eigenvalue weighted by Gasteiger charge is -2.07. The Morgan fingerprint density at radius 3 is 2.89 bits per heavy atom. The van der Waals surface area contributed by atoms with Gasteiger partial charge in [-0.3, -0.25) is 4.79 Å². The lowest BCUT2D eigenvalue weighted by Crippen LogP contribution is -2.14. The highest BCUT2D eigenvalue weighted by atomic mass is 16.6. The van der Waals surface area contributed by atoms with E-state index < -0.39 is 0 Å². The Balaban J connectivity index is 2.12. The van der Waals surface area contributed by atoms with Gasteiger partial charge in [0.05, 0.1) is 0 Å². The summed E-state index contributed by atoms with van der Waals surface area (Å²) in [5, 5.41) is 2.67. The van der Waals surface area contributed by atoms with E-state index in [4.69, 9.17) is 10.6 Å². The van der Waals surface area contributed by atoms with Gasteiger partial charge in [0.2, 0.25) is 0 Å². The second-order valence-corrected chi connectivity index (χ2v) is 3.76. The second kappa shape index (κ2) is 5.83. The number of pyridine rings is 1. The van der Waals surface area contributed by atoms with E-state index in [0.29, 0.717) is 22.8 Å². The van der Waals surface area contributed by atoms with Gasteiger partial charge >= 0.3 is 0 Å². The lowest BCUT2D eigenvalue weighted by atomic mass is 10.2. The van der Waals surface area contributed by atoms with Crippen LogP contribution in [0.2, 0.25) is 0 Å². The van der Waals surface area contributed by atoms with Crippen molar-refractivity contribution in [2.45, 2.75) is 0 Å². The molecule has 98 valence electrons. The highest BCUT2D eigenvalue weighted by Crippen LogP contribution is 2.15. The third-order valence-electron chi connectivity index (χ3n) is 2.34. The van der Waals surface area contributed by atoms with Crippen molar-refractivity contribution in [2.75, 3.05) is 18.1 Å². The molecule has 0 saturated heterocycles. The van der Waals surface area contributed by atoms with Gasteiger partial charge in [-0.25, -0.2) is 4.98 Å². The number of hydrogen-bond donors (Lipinski definition) is 3. The summed E-state index contributed by atoms with van der Waals surface area (Å²) in [6.07, 6.45) is 1.54. The number of amides is 1. The number of carbonyl (C=O) groups excluding carboxylic acids is 1. The Morgan fingerprint density at radius 1 is 1.32 bits per heavy atom. The van der Waals surface area contributed by atoms with Gasteiger partial charge in [-0.05, 0) is 18.2 Å². The van der Waals surface area contributed by atoms with Crippen molar-refractivity contribution in [3.8, 4) is 5.75 Å². The van der Waals surface area contributed by atoms with Gasteiger partial charge in [0.15, 0.2) is 5.75 Å². The predicted molar refractivity (Wildman–Crippen MR) is 72.7 cm³/mol. The van der Waals surface area contributed by atoms with E-state index >= 15 is 0 Å². The first-order valence-electron chi connectivity index (χ1n) is 5.65. The van der Waals surface area contributed by atoms with E-state index in [1.165, 1.54) is 0 Å². The van der Waals surface area contributed by atoms with Gasteiger partial charge in [-0.1, -0.05) is 6.07 Å². The van der Waals surface area contributed by atoms with Crippen LogP contribution in [0, 0.1) is 0 Å². The van der Waals surface area contributed by atoms with E-state index in [0.717, 1.165) is 0 Å². The second-order valence-electron chi connectivity index (χ2n) is 3.76. The minimum Gasteiger partial charge on any atom is -0.409 e. The summed E-state index contributed by atoms with van der Waals surface area (Å²) in [5.41, 5.74) is 9.19. The molecular formula is C13H14N4O2. The number of aromatic nitrogens is 1. The number of nitrogens with two attached hydrogens (primary N) is 1. The van der Waals surface area contributed by atoms with Crippen LogP contribution < -0.4 is 21.4 Å². The van der Waals surface area contributed by atoms with Gasteiger partial charge in [0.1, 0.15) is 5.82 Å². The fourth-order valence-corrected chi connectivity index (χ4v) is 1.53. The summed E-state index contributed by atoms with van der Waals surface area (Å²) in [5.74, 6) is 0.682. The molecule has 0 fully saturated rings. The molecule has 0 unspecified atom stereocenters. The smallest absolute Gasteiger partial charge is 0.256 e. The number of nitrogens with one attached hydrogen (secondary N) is 2. The molecule has 2 aromatic rings. The summed E-state index contributed by atoms with van der Waals surface area (Å²) in [6, 6.07) is 10.0. The molecule has 19 heavy (non-hydrogen) atoms. The van der Waals surface area contributed by atoms with Crippen LogP contribution >= 0.6 is 0 Å². The molecule has 1 amide bonds. The molecule has 1 aromatic heterocycles. The maximum Gasteiger partial charge on any atom is 0.256 e. The number of nitrogens with zero attached hydrogens (tertiary/aromatic N) is 1. The van der Waals surface area contributed by atoms with E-state index in [1.54, 1.807) is 49.6 Å². The fourth-order valence-electron chi connectivity index (χ4n) is 1.53. The van der Waals surface area contributed by atoms with E-state index in [1.807, 2.05) is 0 Å². The van der Waals surface area contributed by atoms with Crippen molar-refractivity contribution in [3.63, 3.8) is 0 Å². The molecule has 0 aliphatic rings. The number of hydroxylamine groups is 1. The highest BCUT2D eigenvalue weighted by molar-refractivity contribution is 6.04. The monoisotopic (exact) mass is 258 g/mol. The van der Waals surface area contributed by atoms with Gasteiger partial charge in [-0.15, -0.1) is 0 Å². The van der Waals surface area contributed by atoms with Crippen molar-refractivity contribution >= 4 is 17.4 Å². The molecule has 0 radical (unpaired) electrons. The van der Waals surface area contributed by atoms with Crippen LogP contribution in [-0.4, -0.2) is 17.9 Å². The van der Waals surface area contributed by atoms with Crippen LogP contribution in [0.4, 0.5) is 11.5 Å². The Labute approximate surface area is 110 Å². The van der Waals surface area contributed by atoms with Crippen LogP contribution in [0.1, 0.15) is 10.4 Å². The van der Waals surface area contributed by atoms with Crippen molar-refractivity contribution in [1.82, 2.24) is 10.5 Å². The molecular weight excluding hydrogens is 244 g/mol. The van der Waals surface area contributed by atoms with Gasteiger partial charge < -0.3 is 15.9 Å². The third kappa shape index (κ3) is 3.43. The van der Waals surface area contributed by atoms with E-state index in [9.17, 15) is 4.79 Å². The maximum atomic E-state index is 12.0. The third-order valence-corrected chi connectivity index (χ3v) is 2.34. The van der Waals surface area contributed by atoms with Crippen molar-refractivity contribution in [1.29, 1.82) is 0 Å². The summed E-state index contributed by atoms with van der Waals surface area (Å²) in [4.78, 5) is 21.1. The summed E-state index contributed by atoms with van der Waals surface area (Å²) in [6.45, 7) is 0. The molecule has 6 heteroatoms. The zero-order valence-electron chi connectivity index (χ0n) is 10.4. The zero-order valence-corrected chi connectivity index (χ0v) is 10.4. The average molecular weight is 258 g/mol. The minimum absolute atomic E-state index is 0.276. The van der Waals surface area contributed by atoms with Crippen LogP contribution in [0.25, 0.3) is 0 Å². The quantitative estimate of drug-likeness (QED) is 0.570. The van der Waals surface area contributed by atoms with Crippen molar-refractivity contribution in [3.05, 3.63) is 48.2 Å². The topological polar surface area (TPSA) is 89.3 Å². The van der Waals surface area contributed by atoms with Gasteiger partial charge in [0, 0.05) is 36.6 Å². The zero-order chi connectivity index (χ0) is 13.7. The van der Waals surface area contributed by atoms with E-state index in [-0.39, 0.29) is 5.91 Å². The number of hydrogen-bond acceptors (Lipinski definition) is 5. The molecule has 1 aromatic carbocycles. The molecule has 6 nitrogen and oxygen atoms in total. The maximum absolute atomic E-state index is 12.0. The SMILES string of the molecule is CNOc1ccnc(NC(=O)c2cccc(N)c2)c1. The summed E-state index contributed by atoms with van der Waals surface area (Å²) >= 11 is 0. The molecule has 0 spiro atoms. The molecule has 1 heterocycles. The predicted octanol–water partition coefficient (Wildman–Crippen LogP) is 1.43. The Hall–Kier alpha value is -2.60. The largest absolute Gasteiger partial charge is 0.409 e. The fraction of sp³-hybridized carbons (Fsp3) is 0.0769. The van der Waals surface area contributed by atoms with Crippen molar-refractivity contribution in [2.24, 2.45) is 0 Å². The van der Waals surface area contributed by atoms with E-state index in [2.05, 4.69) is 15.8 Å².